The van der Waals surface area contributed by atoms with Gasteiger partial charge in [-0.15, -0.1) is 0 Å². The molecule has 0 amide bonds. The molecule has 1 N–H and O–H groups in total. The van der Waals surface area contributed by atoms with Gasteiger partial charge in [-0.25, -0.2) is 0 Å². The smallest absolute Gasteiger partial charge is 0.191 e. The fourth-order valence-electron chi connectivity index (χ4n) is 2.20. The Morgan fingerprint density at radius 2 is 2.32 bits per heavy atom. The lowest BCUT2D eigenvalue weighted by atomic mass is 10.0. The van der Waals surface area contributed by atoms with Crippen LogP contribution in [0.3, 0.4) is 0 Å². The topological polar surface area (TPSA) is 34.1 Å². The van der Waals surface area contributed by atoms with Crippen LogP contribution in [-0.2, 0) is 17.4 Å². The van der Waals surface area contributed by atoms with Crippen LogP contribution in [-0.4, -0.2) is 26.0 Å². The average molecular weight is 321 g/mol. The summed E-state index contributed by atoms with van der Waals surface area (Å²) in [6.45, 7) is 12.6. The SMILES string of the molecule is [2H]c1ccc2c(n1)CC(C=CCCO[Si](C)(C)C(C)(C)C)N([2H])C2. The number of rotatable bonds is 5. The summed E-state index contributed by atoms with van der Waals surface area (Å²) in [7, 11) is -1.67. The van der Waals surface area contributed by atoms with E-state index in [0.29, 0.717) is 19.1 Å². The monoisotopic (exact) mass is 320 g/mol. The van der Waals surface area contributed by atoms with Crippen LogP contribution >= 0.6 is 0 Å². The number of aromatic nitrogens is 1. The molecule has 0 spiro atoms. The molecule has 3 nitrogen and oxygen atoms in total. The quantitative estimate of drug-likeness (QED) is 0.504. The molecule has 1 aliphatic rings. The van der Waals surface area contributed by atoms with Crippen LogP contribution in [0.1, 0.15) is 39.8 Å². The third-order valence-electron chi connectivity index (χ3n) is 4.74. The lowest BCUT2D eigenvalue weighted by Crippen LogP contribution is -2.40. The van der Waals surface area contributed by atoms with Crippen molar-refractivity contribution in [2.75, 3.05) is 6.61 Å². The number of hydrogen-bond acceptors (Lipinski definition) is 3. The van der Waals surface area contributed by atoms with Gasteiger partial charge in [0.2, 0.25) is 0 Å². The van der Waals surface area contributed by atoms with Gasteiger partial charge in [-0.3, -0.25) is 4.98 Å². The Morgan fingerprint density at radius 1 is 1.55 bits per heavy atom. The van der Waals surface area contributed by atoms with Gasteiger partial charge in [-0.1, -0.05) is 39.0 Å². The number of nitrogens with one attached hydrogen (secondary N) is 1. The molecule has 0 aliphatic carbocycles. The molecular formula is C18H30N2OSi. The Balaban J connectivity index is 1.87. The molecular weight excluding hydrogens is 288 g/mol. The van der Waals surface area contributed by atoms with Crippen LogP contribution in [0.2, 0.25) is 19.5 Å². The first-order chi connectivity index (χ1) is 11.1. The maximum absolute atomic E-state index is 8.16. The predicted octanol–water partition coefficient (Wildman–Crippen LogP) is 4.06. The summed E-state index contributed by atoms with van der Waals surface area (Å²) in [6.07, 6.45) is 6.08. The summed E-state index contributed by atoms with van der Waals surface area (Å²) >= 11 is 0. The number of nitrogens with zero attached hydrogens (tertiary/aromatic N) is 1. The molecule has 22 heavy (non-hydrogen) atoms. The molecule has 0 saturated carbocycles. The van der Waals surface area contributed by atoms with Crippen LogP contribution in [0.25, 0.3) is 0 Å². The molecule has 1 atom stereocenters. The van der Waals surface area contributed by atoms with Gasteiger partial charge in [-0.05, 0) is 36.2 Å². The Bertz CT molecular complexity index is 599. The first-order valence-corrected chi connectivity index (χ1v) is 11.0. The summed E-state index contributed by atoms with van der Waals surface area (Å²) in [5.41, 5.74) is 2.02. The zero-order valence-corrected chi connectivity index (χ0v) is 15.5. The zero-order chi connectivity index (χ0) is 18.0. The summed E-state index contributed by atoms with van der Waals surface area (Å²) in [5.74, 6) is 0. The Kier molecular flexibility index (Phi) is 4.69. The summed E-state index contributed by atoms with van der Waals surface area (Å²) in [5, 5.41) is 1.83. The van der Waals surface area contributed by atoms with Gasteiger partial charge in [0.1, 0.15) is 1.41 Å². The zero-order valence-electron chi connectivity index (χ0n) is 16.5. The third-order valence-corrected chi connectivity index (χ3v) is 9.28. The maximum Gasteiger partial charge on any atom is 0.191 e. The van der Waals surface area contributed by atoms with Crippen molar-refractivity contribution in [1.82, 2.24) is 10.3 Å². The maximum atomic E-state index is 8.16. The van der Waals surface area contributed by atoms with Crippen molar-refractivity contribution in [3.63, 3.8) is 0 Å². The van der Waals surface area contributed by atoms with E-state index in [2.05, 4.69) is 51.0 Å². The molecule has 2 rings (SSSR count). The van der Waals surface area contributed by atoms with Gasteiger partial charge in [0.05, 0.1) is 1.37 Å². The van der Waals surface area contributed by atoms with Crippen LogP contribution in [0.4, 0.5) is 0 Å². The van der Waals surface area contributed by atoms with Crippen LogP contribution in [0.15, 0.2) is 30.5 Å². The second-order valence-electron chi connectivity index (χ2n) is 7.48. The Hall–Kier alpha value is -0.973. The van der Waals surface area contributed by atoms with Crippen molar-refractivity contribution < 1.29 is 7.21 Å². The van der Waals surface area contributed by atoms with Gasteiger partial charge in [-0.2, -0.15) is 0 Å². The highest BCUT2D eigenvalue weighted by molar-refractivity contribution is 6.74. The van der Waals surface area contributed by atoms with Crippen molar-refractivity contribution in [1.29, 1.82) is 0 Å². The summed E-state index contributed by atoms with van der Waals surface area (Å²) in [4.78, 5) is 4.31. The number of hydrogen-bond donors (Lipinski definition) is 1. The van der Waals surface area contributed by atoms with E-state index in [9.17, 15) is 0 Å². The van der Waals surface area contributed by atoms with E-state index >= 15 is 0 Å². The van der Waals surface area contributed by atoms with E-state index in [1.165, 1.54) is 0 Å². The molecule has 1 unspecified atom stereocenters. The minimum Gasteiger partial charge on any atom is -0.417 e. The normalized spacial score (nSPS) is 21.6. The van der Waals surface area contributed by atoms with Gasteiger partial charge in [0, 0.05) is 37.5 Å². The van der Waals surface area contributed by atoms with Gasteiger partial charge in [0.25, 0.3) is 0 Å². The molecule has 0 fully saturated rings. The summed E-state index contributed by atoms with van der Waals surface area (Å²) < 4.78 is 22.0. The molecule has 1 aliphatic heterocycles. The highest BCUT2D eigenvalue weighted by Crippen LogP contribution is 2.36. The third kappa shape index (κ3) is 4.51. The molecule has 2 heterocycles. The molecule has 1 aromatic rings. The molecule has 0 radical (unpaired) electrons. The van der Waals surface area contributed by atoms with Crippen LogP contribution < -0.4 is 5.31 Å². The fourth-order valence-corrected chi connectivity index (χ4v) is 3.26. The first kappa shape index (κ1) is 14.6. The standard InChI is InChI=1S/C18H30N2OSi/c1-18(2,3)22(4,5)21-12-7-6-10-16-13-17-15(14-20-16)9-8-11-19-17/h6,8-11,16,20H,7,12-14H2,1-5H3/i11D/hD. The number of pyridine rings is 1. The van der Waals surface area contributed by atoms with Crippen molar-refractivity contribution in [3.05, 3.63) is 41.7 Å². The molecule has 0 aromatic carbocycles. The molecule has 0 saturated heterocycles. The number of fused-ring (bicyclic) bond motifs is 1. The lowest BCUT2D eigenvalue weighted by molar-refractivity contribution is 0.294. The second kappa shape index (κ2) is 7.07. The highest BCUT2D eigenvalue weighted by Gasteiger charge is 2.36. The highest BCUT2D eigenvalue weighted by atomic mass is 28.4. The van der Waals surface area contributed by atoms with E-state index in [-0.39, 0.29) is 11.1 Å². The minimum absolute atomic E-state index is 0.0275. The van der Waals surface area contributed by atoms with Gasteiger partial charge in [0.15, 0.2) is 8.32 Å². The molecule has 1 aromatic heterocycles. The van der Waals surface area contributed by atoms with E-state index in [1.54, 1.807) is 11.4 Å². The van der Waals surface area contributed by atoms with E-state index in [1.807, 2.05) is 6.07 Å². The van der Waals surface area contributed by atoms with E-state index in [0.717, 1.165) is 24.3 Å². The van der Waals surface area contributed by atoms with Gasteiger partial charge < -0.3 is 9.74 Å². The van der Waals surface area contributed by atoms with E-state index < -0.39 is 8.32 Å². The minimum atomic E-state index is -1.67. The predicted molar refractivity (Wildman–Crippen MR) is 95.5 cm³/mol. The Morgan fingerprint density at radius 3 is 3.05 bits per heavy atom. The van der Waals surface area contributed by atoms with Gasteiger partial charge >= 0.3 is 0 Å². The van der Waals surface area contributed by atoms with Crippen molar-refractivity contribution >= 4 is 8.32 Å². The molecule has 122 valence electrons. The summed E-state index contributed by atoms with van der Waals surface area (Å²) in [6, 6.07) is 3.64. The van der Waals surface area contributed by atoms with Crippen molar-refractivity contribution in [2.45, 2.75) is 64.3 Å². The van der Waals surface area contributed by atoms with Crippen molar-refractivity contribution in [2.24, 2.45) is 0 Å². The molecule has 0 bridgehead atoms. The van der Waals surface area contributed by atoms with Crippen molar-refractivity contribution in [3.8, 4) is 0 Å². The molecule has 4 heteroatoms. The first-order valence-electron chi connectivity index (χ1n) is 9.06. The second-order valence-corrected chi connectivity index (χ2v) is 12.3. The lowest BCUT2D eigenvalue weighted by Gasteiger charge is -2.36. The fraction of sp³-hybridized carbons (Fsp3) is 0.611. The largest absolute Gasteiger partial charge is 0.417 e. The van der Waals surface area contributed by atoms with Crippen LogP contribution in [0, 0.1) is 0 Å². The van der Waals surface area contributed by atoms with E-state index in [4.69, 9.17) is 7.21 Å². The Labute approximate surface area is 139 Å². The average Bonchev–Trinajstić information content (AvgIpc) is 2.46. The van der Waals surface area contributed by atoms with Crippen LogP contribution in [0.5, 0.6) is 0 Å².